The molecule has 5 nitrogen and oxygen atoms in total. The van der Waals surface area contributed by atoms with Gasteiger partial charge in [0.25, 0.3) is 0 Å². The van der Waals surface area contributed by atoms with E-state index in [9.17, 15) is 9.90 Å². The molecule has 1 fully saturated rings. The van der Waals surface area contributed by atoms with E-state index < -0.39 is 12.1 Å². The van der Waals surface area contributed by atoms with E-state index in [1.807, 2.05) is 0 Å². The summed E-state index contributed by atoms with van der Waals surface area (Å²) in [6, 6.07) is -0.504. The molecule has 1 aliphatic heterocycles. The molecule has 3 N–H and O–H groups in total. The average Bonchev–Trinajstić information content (AvgIpc) is 2.24. The Morgan fingerprint density at radius 1 is 1.73 bits per heavy atom. The third-order valence-corrected chi connectivity index (χ3v) is 2.66. The van der Waals surface area contributed by atoms with E-state index in [4.69, 9.17) is 10.5 Å². The molecule has 0 spiro atoms. The Morgan fingerprint density at radius 2 is 2.47 bits per heavy atom. The predicted molar refractivity (Wildman–Crippen MR) is 56.3 cm³/mol. The molecule has 0 aliphatic carbocycles. The van der Waals surface area contributed by atoms with Crippen LogP contribution in [-0.2, 0) is 9.53 Å². The predicted octanol–water partition coefficient (Wildman–Crippen LogP) is -0.666. The molecule has 2 unspecified atom stereocenters. The molecule has 0 bridgehead atoms. The van der Waals surface area contributed by atoms with Crippen LogP contribution >= 0.6 is 0 Å². The molecule has 0 radical (unpaired) electrons. The Kier molecular flexibility index (Phi) is 5.01. The van der Waals surface area contributed by atoms with E-state index >= 15 is 0 Å². The largest absolute Gasteiger partial charge is 0.391 e. The summed E-state index contributed by atoms with van der Waals surface area (Å²) in [5, 5.41) is 9.43. The van der Waals surface area contributed by atoms with Gasteiger partial charge in [-0.05, 0) is 19.3 Å². The van der Waals surface area contributed by atoms with Crippen molar-refractivity contribution in [3.05, 3.63) is 0 Å². The molecule has 5 heteroatoms. The summed E-state index contributed by atoms with van der Waals surface area (Å²) in [6.45, 7) is 1.61. The van der Waals surface area contributed by atoms with Gasteiger partial charge in [-0.25, -0.2) is 0 Å². The molecule has 1 rings (SSSR count). The number of amides is 1. The fourth-order valence-corrected chi connectivity index (χ4v) is 1.76. The first-order valence-electron chi connectivity index (χ1n) is 5.36. The van der Waals surface area contributed by atoms with Crippen molar-refractivity contribution < 1.29 is 14.6 Å². The third-order valence-electron chi connectivity index (χ3n) is 2.66. The van der Waals surface area contributed by atoms with Gasteiger partial charge in [0.05, 0.1) is 12.1 Å². The van der Waals surface area contributed by atoms with Gasteiger partial charge in [-0.1, -0.05) is 0 Å². The zero-order valence-corrected chi connectivity index (χ0v) is 9.19. The number of piperidine rings is 1. The molecule has 0 saturated carbocycles. The van der Waals surface area contributed by atoms with Gasteiger partial charge in [-0.3, -0.25) is 4.79 Å². The van der Waals surface area contributed by atoms with E-state index in [0.29, 0.717) is 26.1 Å². The summed E-state index contributed by atoms with van der Waals surface area (Å²) < 4.78 is 4.87. The molecule has 0 aromatic rings. The SMILES string of the molecule is COCCC(N)C(=O)N1CCCC(O)C1. The second-order valence-electron chi connectivity index (χ2n) is 3.97. The van der Waals surface area contributed by atoms with E-state index in [2.05, 4.69) is 0 Å². The highest BCUT2D eigenvalue weighted by Gasteiger charge is 2.25. The molecule has 0 aromatic carbocycles. The van der Waals surface area contributed by atoms with Gasteiger partial charge >= 0.3 is 0 Å². The van der Waals surface area contributed by atoms with Crippen LogP contribution in [-0.4, -0.2) is 54.9 Å². The second-order valence-corrected chi connectivity index (χ2v) is 3.97. The van der Waals surface area contributed by atoms with Gasteiger partial charge in [0.2, 0.25) is 5.91 Å². The molecule has 1 heterocycles. The lowest BCUT2D eigenvalue weighted by molar-refractivity contribution is -0.136. The Hall–Kier alpha value is -0.650. The molecule has 1 saturated heterocycles. The number of likely N-dealkylation sites (tertiary alicyclic amines) is 1. The van der Waals surface area contributed by atoms with Gasteiger partial charge in [0.15, 0.2) is 0 Å². The van der Waals surface area contributed by atoms with Crippen molar-refractivity contribution in [3.63, 3.8) is 0 Å². The van der Waals surface area contributed by atoms with Crippen LogP contribution in [0.1, 0.15) is 19.3 Å². The number of nitrogens with zero attached hydrogens (tertiary/aromatic N) is 1. The standard InChI is InChI=1S/C10H20N2O3/c1-15-6-4-9(11)10(14)12-5-2-3-8(13)7-12/h8-9,13H,2-7,11H2,1H3. The monoisotopic (exact) mass is 216 g/mol. The lowest BCUT2D eigenvalue weighted by Gasteiger charge is -2.31. The fourth-order valence-electron chi connectivity index (χ4n) is 1.76. The zero-order valence-electron chi connectivity index (χ0n) is 9.19. The topological polar surface area (TPSA) is 75.8 Å². The number of aliphatic hydroxyl groups is 1. The fraction of sp³-hybridized carbons (Fsp3) is 0.900. The quantitative estimate of drug-likeness (QED) is 0.653. The lowest BCUT2D eigenvalue weighted by atomic mass is 10.1. The summed E-state index contributed by atoms with van der Waals surface area (Å²) >= 11 is 0. The van der Waals surface area contributed by atoms with Crippen LogP contribution in [0.5, 0.6) is 0 Å². The maximum atomic E-state index is 11.8. The first-order chi connectivity index (χ1) is 7.15. The van der Waals surface area contributed by atoms with Crippen molar-refractivity contribution >= 4 is 5.91 Å². The average molecular weight is 216 g/mol. The van der Waals surface area contributed by atoms with E-state index in [0.717, 1.165) is 12.8 Å². The zero-order chi connectivity index (χ0) is 11.3. The first-order valence-corrected chi connectivity index (χ1v) is 5.36. The number of rotatable bonds is 4. The van der Waals surface area contributed by atoms with Gasteiger partial charge in [-0.15, -0.1) is 0 Å². The van der Waals surface area contributed by atoms with Crippen LogP contribution in [0.15, 0.2) is 0 Å². The van der Waals surface area contributed by atoms with Crippen LogP contribution in [0, 0.1) is 0 Å². The van der Waals surface area contributed by atoms with E-state index in [1.165, 1.54) is 0 Å². The Labute approximate surface area is 90.2 Å². The van der Waals surface area contributed by atoms with Gasteiger partial charge in [0.1, 0.15) is 0 Å². The maximum absolute atomic E-state index is 11.8. The second kappa shape index (κ2) is 6.05. The number of methoxy groups -OCH3 is 1. The van der Waals surface area contributed by atoms with Crippen molar-refractivity contribution in [1.29, 1.82) is 0 Å². The summed E-state index contributed by atoms with van der Waals surface area (Å²) in [7, 11) is 1.59. The smallest absolute Gasteiger partial charge is 0.239 e. The van der Waals surface area contributed by atoms with Crippen LogP contribution in [0.25, 0.3) is 0 Å². The number of β-amino-alcohol motifs (C(OH)–C–C–N with tert-alkyl or cyclic N) is 1. The number of hydrogen-bond acceptors (Lipinski definition) is 4. The van der Waals surface area contributed by atoms with Crippen molar-refractivity contribution in [2.24, 2.45) is 5.73 Å². The van der Waals surface area contributed by atoms with Crippen LogP contribution in [0.3, 0.4) is 0 Å². The highest BCUT2D eigenvalue weighted by Crippen LogP contribution is 2.11. The van der Waals surface area contributed by atoms with Crippen molar-refractivity contribution in [1.82, 2.24) is 4.90 Å². The summed E-state index contributed by atoms with van der Waals surface area (Å²) in [4.78, 5) is 13.4. The molecule has 2 atom stereocenters. The number of carbonyl (C=O) groups is 1. The molecule has 1 amide bonds. The van der Waals surface area contributed by atoms with Crippen molar-refractivity contribution in [3.8, 4) is 0 Å². The Balaban J connectivity index is 2.37. The highest BCUT2D eigenvalue weighted by atomic mass is 16.5. The number of nitrogens with two attached hydrogens (primary N) is 1. The minimum atomic E-state index is -0.504. The van der Waals surface area contributed by atoms with Crippen molar-refractivity contribution in [2.45, 2.75) is 31.4 Å². The molecule has 1 aliphatic rings. The first kappa shape index (κ1) is 12.4. The minimum absolute atomic E-state index is 0.0780. The van der Waals surface area contributed by atoms with Crippen LogP contribution < -0.4 is 5.73 Å². The van der Waals surface area contributed by atoms with Gasteiger partial charge < -0.3 is 20.5 Å². The molecule has 88 valence electrons. The molecular weight excluding hydrogens is 196 g/mol. The van der Waals surface area contributed by atoms with E-state index in [1.54, 1.807) is 12.0 Å². The Morgan fingerprint density at radius 3 is 3.07 bits per heavy atom. The maximum Gasteiger partial charge on any atom is 0.239 e. The Bertz CT molecular complexity index is 211. The third kappa shape index (κ3) is 3.77. The van der Waals surface area contributed by atoms with Gasteiger partial charge in [0, 0.05) is 26.8 Å². The van der Waals surface area contributed by atoms with E-state index in [-0.39, 0.29) is 5.91 Å². The minimum Gasteiger partial charge on any atom is -0.391 e. The lowest BCUT2D eigenvalue weighted by Crippen LogP contribution is -2.49. The number of aliphatic hydroxyl groups excluding tert-OH is 1. The molecule has 0 aromatic heterocycles. The number of hydrogen-bond donors (Lipinski definition) is 2. The van der Waals surface area contributed by atoms with Crippen molar-refractivity contribution in [2.75, 3.05) is 26.8 Å². The molecule has 15 heavy (non-hydrogen) atoms. The number of carbonyl (C=O) groups excluding carboxylic acids is 1. The van der Waals surface area contributed by atoms with Gasteiger partial charge in [-0.2, -0.15) is 0 Å². The summed E-state index contributed by atoms with van der Waals surface area (Å²) in [5.74, 6) is -0.0780. The van der Waals surface area contributed by atoms with Crippen LogP contribution in [0.4, 0.5) is 0 Å². The highest BCUT2D eigenvalue weighted by molar-refractivity contribution is 5.81. The summed E-state index contributed by atoms with van der Waals surface area (Å²) in [6.07, 6.45) is 1.76. The number of ether oxygens (including phenoxy) is 1. The normalized spacial score (nSPS) is 23.9. The van der Waals surface area contributed by atoms with Crippen LogP contribution in [0.2, 0.25) is 0 Å². The summed E-state index contributed by atoms with van der Waals surface area (Å²) in [5.41, 5.74) is 5.73. The molecular formula is C10H20N2O3.